The number of hydrogen-bond acceptors (Lipinski definition) is 3. The van der Waals surface area contributed by atoms with Crippen molar-refractivity contribution in [3.63, 3.8) is 0 Å². The maximum absolute atomic E-state index is 13.5. The molecule has 0 radical (unpaired) electrons. The van der Waals surface area contributed by atoms with Crippen molar-refractivity contribution in [3.8, 4) is 0 Å². The summed E-state index contributed by atoms with van der Waals surface area (Å²) in [6, 6.07) is 6.53. The van der Waals surface area contributed by atoms with E-state index in [9.17, 15) is 4.39 Å². The van der Waals surface area contributed by atoms with E-state index in [1.807, 2.05) is 13.0 Å². The number of pyridine rings is 1. The lowest BCUT2D eigenvalue weighted by Crippen LogP contribution is -2.03. The molecular formula is C13H14FN3. The first-order chi connectivity index (χ1) is 8.16. The van der Waals surface area contributed by atoms with E-state index in [-0.39, 0.29) is 5.82 Å². The Morgan fingerprint density at radius 3 is 2.88 bits per heavy atom. The van der Waals surface area contributed by atoms with Gasteiger partial charge in [-0.3, -0.25) is 4.98 Å². The van der Waals surface area contributed by atoms with Crippen LogP contribution in [-0.4, -0.2) is 4.98 Å². The van der Waals surface area contributed by atoms with Gasteiger partial charge in [0.25, 0.3) is 0 Å². The molecule has 3 N–H and O–H groups in total. The Morgan fingerprint density at radius 1 is 1.35 bits per heavy atom. The van der Waals surface area contributed by atoms with Gasteiger partial charge in [0.1, 0.15) is 5.82 Å². The molecule has 0 aliphatic rings. The van der Waals surface area contributed by atoms with Crippen LogP contribution in [0, 0.1) is 12.7 Å². The molecule has 0 unspecified atom stereocenters. The topological polar surface area (TPSA) is 50.9 Å². The number of benzene rings is 1. The fraction of sp³-hybridized carbons (Fsp3) is 0.154. The summed E-state index contributed by atoms with van der Waals surface area (Å²) in [5.41, 5.74) is 8.53. The van der Waals surface area contributed by atoms with Gasteiger partial charge in [0, 0.05) is 24.6 Å². The van der Waals surface area contributed by atoms with Gasteiger partial charge in [-0.15, -0.1) is 0 Å². The number of aromatic nitrogens is 1. The van der Waals surface area contributed by atoms with E-state index >= 15 is 0 Å². The number of nitrogens with one attached hydrogen (secondary N) is 1. The average molecular weight is 231 g/mol. The quantitative estimate of drug-likeness (QED) is 0.798. The van der Waals surface area contributed by atoms with Crippen molar-refractivity contribution in [2.24, 2.45) is 0 Å². The van der Waals surface area contributed by atoms with Gasteiger partial charge in [0.05, 0.1) is 5.69 Å². The zero-order valence-electron chi connectivity index (χ0n) is 9.57. The van der Waals surface area contributed by atoms with Gasteiger partial charge in [-0.05, 0) is 42.3 Å². The van der Waals surface area contributed by atoms with Gasteiger partial charge in [-0.25, -0.2) is 4.39 Å². The van der Waals surface area contributed by atoms with Crippen LogP contribution in [0.15, 0.2) is 36.7 Å². The molecule has 0 fully saturated rings. The monoisotopic (exact) mass is 231 g/mol. The zero-order chi connectivity index (χ0) is 12.3. The predicted molar refractivity (Wildman–Crippen MR) is 67.1 cm³/mol. The Bertz CT molecular complexity index is 526. The lowest BCUT2D eigenvalue weighted by Gasteiger charge is -2.09. The second kappa shape index (κ2) is 4.82. The highest BCUT2D eigenvalue weighted by molar-refractivity contribution is 5.52. The number of halogens is 1. The van der Waals surface area contributed by atoms with Crippen LogP contribution in [-0.2, 0) is 6.54 Å². The maximum Gasteiger partial charge on any atom is 0.148 e. The molecule has 4 heteroatoms. The second-order valence-electron chi connectivity index (χ2n) is 3.89. The summed E-state index contributed by atoms with van der Waals surface area (Å²) in [5, 5.41) is 3.04. The van der Waals surface area contributed by atoms with Gasteiger partial charge in [0.2, 0.25) is 0 Å². The van der Waals surface area contributed by atoms with Crippen LogP contribution in [0.2, 0.25) is 0 Å². The number of nitrogens with two attached hydrogens (primary N) is 1. The summed E-state index contributed by atoms with van der Waals surface area (Å²) in [4.78, 5) is 4.01. The molecule has 0 aliphatic carbocycles. The van der Waals surface area contributed by atoms with E-state index in [1.165, 1.54) is 6.07 Å². The molecule has 0 saturated heterocycles. The number of rotatable bonds is 3. The van der Waals surface area contributed by atoms with Crippen molar-refractivity contribution in [2.45, 2.75) is 13.5 Å². The maximum atomic E-state index is 13.5. The molecule has 17 heavy (non-hydrogen) atoms. The second-order valence-corrected chi connectivity index (χ2v) is 3.89. The number of aryl methyl sites for hydroxylation is 1. The summed E-state index contributed by atoms with van der Waals surface area (Å²) < 4.78 is 13.5. The van der Waals surface area contributed by atoms with Crippen molar-refractivity contribution >= 4 is 11.4 Å². The summed E-state index contributed by atoms with van der Waals surface area (Å²) >= 11 is 0. The molecule has 1 aromatic heterocycles. The molecule has 2 aromatic rings. The van der Waals surface area contributed by atoms with Crippen LogP contribution < -0.4 is 11.1 Å². The van der Waals surface area contributed by atoms with E-state index in [0.29, 0.717) is 17.9 Å². The third-order valence-corrected chi connectivity index (χ3v) is 2.60. The van der Waals surface area contributed by atoms with E-state index in [1.54, 1.807) is 24.5 Å². The summed E-state index contributed by atoms with van der Waals surface area (Å²) in [6.45, 7) is 2.54. The van der Waals surface area contributed by atoms with Crippen LogP contribution in [0.1, 0.15) is 11.1 Å². The standard InChI is InChI=1S/C13H14FN3/c1-9-7-16-5-4-10(9)8-17-13-3-2-11(15)6-12(13)14/h2-7,17H,8,15H2,1H3. The number of nitrogens with zero attached hydrogens (tertiary/aromatic N) is 1. The Balaban J connectivity index is 2.10. The SMILES string of the molecule is Cc1cnccc1CNc1ccc(N)cc1F. The highest BCUT2D eigenvalue weighted by atomic mass is 19.1. The molecule has 0 aliphatic heterocycles. The van der Waals surface area contributed by atoms with Crippen LogP contribution in [0.4, 0.5) is 15.8 Å². The van der Waals surface area contributed by atoms with Crippen molar-refractivity contribution in [1.29, 1.82) is 0 Å². The van der Waals surface area contributed by atoms with Gasteiger partial charge in [-0.2, -0.15) is 0 Å². The van der Waals surface area contributed by atoms with Gasteiger partial charge < -0.3 is 11.1 Å². The van der Waals surface area contributed by atoms with Crippen molar-refractivity contribution in [1.82, 2.24) is 4.98 Å². The predicted octanol–water partition coefficient (Wildman–Crippen LogP) is 2.72. The van der Waals surface area contributed by atoms with Crippen molar-refractivity contribution < 1.29 is 4.39 Å². The molecule has 0 saturated carbocycles. The molecule has 0 bridgehead atoms. The Labute approximate surface area is 99.5 Å². The molecule has 0 atom stereocenters. The van der Waals surface area contributed by atoms with Gasteiger partial charge in [0.15, 0.2) is 0 Å². The Hall–Kier alpha value is -2.10. The zero-order valence-corrected chi connectivity index (χ0v) is 9.57. The summed E-state index contributed by atoms with van der Waals surface area (Å²) in [6.07, 6.45) is 3.51. The molecule has 88 valence electrons. The first kappa shape index (κ1) is 11.4. The van der Waals surface area contributed by atoms with Crippen LogP contribution in [0.5, 0.6) is 0 Å². The number of nitrogen functional groups attached to an aromatic ring is 1. The highest BCUT2D eigenvalue weighted by Crippen LogP contribution is 2.18. The molecule has 2 rings (SSSR count). The van der Waals surface area contributed by atoms with Crippen molar-refractivity contribution in [2.75, 3.05) is 11.1 Å². The minimum Gasteiger partial charge on any atom is -0.399 e. The Kier molecular flexibility index (Phi) is 3.23. The van der Waals surface area contributed by atoms with E-state index in [2.05, 4.69) is 10.3 Å². The molecule has 1 aromatic carbocycles. The fourth-order valence-electron chi connectivity index (χ4n) is 1.57. The third kappa shape index (κ3) is 2.72. The third-order valence-electron chi connectivity index (χ3n) is 2.60. The van der Waals surface area contributed by atoms with Crippen molar-refractivity contribution in [3.05, 3.63) is 53.6 Å². The largest absolute Gasteiger partial charge is 0.399 e. The normalized spacial score (nSPS) is 10.2. The lowest BCUT2D eigenvalue weighted by molar-refractivity contribution is 0.631. The molecule has 0 amide bonds. The van der Waals surface area contributed by atoms with Crippen LogP contribution >= 0.6 is 0 Å². The average Bonchev–Trinajstić information content (AvgIpc) is 2.30. The lowest BCUT2D eigenvalue weighted by atomic mass is 10.1. The van der Waals surface area contributed by atoms with Crippen LogP contribution in [0.25, 0.3) is 0 Å². The number of hydrogen-bond donors (Lipinski definition) is 2. The summed E-state index contributed by atoms with van der Waals surface area (Å²) in [7, 11) is 0. The fourth-order valence-corrected chi connectivity index (χ4v) is 1.57. The highest BCUT2D eigenvalue weighted by Gasteiger charge is 2.03. The molecular weight excluding hydrogens is 217 g/mol. The molecule has 1 heterocycles. The first-order valence-electron chi connectivity index (χ1n) is 5.35. The minimum atomic E-state index is -0.336. The van der Waals surface area contributed by atoms with E-state index in [4.69, 9.17) is 5.73 Å². The molecule has 3 nitrogen and oxygen atoms in total. The van der Waals surface area contributed by atoms with Gasteiger partial charge in [-0.1, -0.05) is 0 Å². The smallest absolute Gasteiger partial charge is 0.148 e. The number of anilines is 2. The van der Waals surface area contributed by atoms with Gasteiger partial charge >= 0.3 is 0 Å². The molecule has 0 spiro atoms. The van der Waals surface area contributed by atoms with E-state index in [0.717, 1.165) is 11.1 Å². The minimum absolute atomic E-state index is 0.336. The first-order valence-corrected chi connectivity index (χ1v) is 5.35. The Morgan fingerprint density at radius 2 is 2.18 bits per heavy atom. The summed E-state index contributed by atoms with van der Waals surface area (Å²) in [5.74, 6) is -0.336. The van der Waals surface area contributed by atoms with E-state index < -0.39 is 0 Å². The van der Waals surface area contributed by atoms with Crippen LogP contribution in [0.3, 0.4) is 0 Å².